The molecule has 1 N–H and O–H groups in total. The van der Waals surface area contributed by atoms with Gasteiger partial charge in [-0.2, -0.15) is 5.10 Å². The topological polar surface area (TPSA) is 73.2 Å². The molecule has 1 aliphatic rings. The summed E-state index contributed by atoms with van der Waals surface area (Å²) < 4.78 is 20.1. The second-order valence-electron chi connectivity index (χ2n) is 7.09. The fraction of sp³-hybridized carbons (Fsp3) is 0.227. The van der Waals surface area contributed by atoms with E-state index in [0.29, 0.717) is 22.8 Å². The van der Waals surface area contributed by atoms with Crippen LogP contribution in [-0.4, -0.2) is 28.3 Å². The molecule has 1 aliphatic carbocycles. The summed E-state index contributed by atoms with van der Waals surface area (Å²) in [4.78, 5) is 24.9. The summed E-state index contributed by atoms with van der Waals surface area (Å²) in [5.41, 5.74) is 2.87. The number of rotatable bonds is 5. The minimum Gasteiger partial charge on any atom is -0.451 e. The number of nitrogens with zero attached hydrogens (tertiary/aromatic N) is 2. The highest BCUT2D eigenvalue weighted by atomic mass is 35.5. The van der Waals surface area contributed by atoms with Gasteiger partial charge in [0.2, 0.25) is 0 Å². The summed E-state index contributed by atoms with van der Waals surface area (Å²) in [7, 11) is 0. The van der Waals surface area contributed by atoms with E-state index in [4.69, 9.17) is 27.9 Å². The molecule has 160 valence electrons. The monoisotopic (exact) mass is 461 g/mol. The van der Waals surface area contributed by atoms with Crippen molar-refractivity contribution in [1.29, 1.82) is 0 Å². The van der Waals surface area contributed by atoms with Gasteiger partial charge in [-0.3, -0.25) is 4.79 Å². The molecule has 2 aromatic carbocycles. The van der Waals surface area contributed by atoms with E-state index in [-0.39, 0.29) is 16.5 Å². The van der Waals surface area contributed by atoms with Gasteiger partial charge in [0.1, 0.15) is 5.82 Å². The normalized spacial score (nSPS) is 12.9. The molecule has 0 bridgehead atoms. The summed E-state index contributed by atoms with van der Waals surface area (Å²) in [5.74, 6) is -1.59. The number of nitrogens with one attached hydrogen (secondary N) is 1. The number of benzene rings is 2. The molecule has 0 saturated heterocycles. The first-order valence-electron chi connectivity index (χ1n) is 9.71. The Balaban J connectivity index is 1.50. The number of ether oxygens (including phenoxy) is 1. The number of fused-ring (bicyclic) bond motifs is 1. The molecule has 0 aliphatic heterocycles. The molecular formula is C22H18Cl2FN3O3. The minimum atomic E-state index is -0.689. The molecule has 0 spiro atoms. The van der Waals surface area contributed by atoms with Gasteiger partial charge in [-0.25, -0.2) is 13.9 Å². The van der Waals surface area contributed by atoms with Crippen LogP contribution in [0, 0.1) is 5.82 Å². The predicted molar refractivity (Wildman–Crippen MR) is 116 cm³/mol. The Morgan fingerprint density at radius 3 is 2.61 bits per heavy atom. The maximum absolute atomic E-state index is 13.3. The molecule has 1 heterocycles. The van der Waals surface area contributed by atoms with Gasteiger partial charge in [0.15, 0.2) is 12.3 Å². The maximum atomic E-state index is 13.3. The Labute approximate surface area is 187 Å². The number of carbonyl (C=O) groups is 2. The Hall–Kier alpha value is -2.90. The average molecular weight is 462 g/mol. The quantitative estimate of drug-likeness (QED) is 0.543. The number of hydrogen-bond acceptors (Lipinski definition) is 4. The molecule has 0 radical (unpaired) electrons. The average Bonchev–Trinajstić information content (AvgIpc) is 3.16. The van der Waals surface area contributed by atoms with Gasteiger partial charge in [0.05, 0.1) is 21.4 Å². The molecular weight excluding hydrogens is 444 g/mol. The lowest BCUT2D eigenvalue weighted by Gasteiger charge is -2.14. The largest absolute Gasteiger partial charge is 0.451 e. The summed E-state index contributed by atoms with van der Waals surface area (Å²) in [6, 6.07) is 10.7. The van der Waals surface area contributed by atoms with Crippen LogP contribution in [0.5, 0.6) is 0 Å². The van der Waals surface area contributed by atoms with E-state index in [9.17, 15) is 14.0 Å². The lowest BCUT2D eigenvalue weighted by molar-refractivity contribution is -0.119. The van der Waals surface area contributed by atoms with Crippen molar-refractivity contribution in [1.82, 2.24) is 9.78 Å². The van der Waals surface area contributed by atoms with Gasteiger partial charge < -0.3 is 10.1 Å². The number of hydrogen-bond donors (Lipinski definition) is 1. The maximum Gasteiger partial charge on any atom is 0.359 e. The van der Waals surface area contributed by atoms with Crippen molar-refractivity contribution >= 4 is 40.8 Å². The first-order valence-corrected chi connectivity index (χ1v) is 10.5. The minimum absolute atomic E-state index is 0.174. The fourth-order valence-electron chi connectivity index (χ4n) is 3.54. The van der Waals surface area contributed by atoms with Crippen LogP contribution in [-0.2, 0) is 22.4 Å². The number of anilines is 1. The van der Waals surface area contributed by atoms with Crippen molar-refractivity contribution in [3.63, 3.8) is 0 Å². The van der Waals surface area contributed by atoms with Crippen LogP contribution in [0.25, 0.3) is 5.69 Å². The molecule has 1 aromatic heterocycles. The highest BCUT2D eigenvalue weighted by Crippen LogP contribution is 2.30. The smallest absolute Gasteiger partial charge is 0.359 e. The Morgan fingerprint density at radius 2 is 1.84 bits per heavy atom. The van der Waals surface area contributed by atoms with Gasteiger partial charge >= 0.3 is 5.97 Å². The Morgan fingerprint density at radius 1 is 1.10 bits per heavy atom. The third kappa shape index (κ3) is 4.57. The third-order valence-corrected chi connectivity index (χ3v) is 5.82. The molecule has 6 nitrogen and oxygen atoms in total. The van der Waals surface area contributed by atoms with Crippen molar-refractivity contribution in [2.75, 3.05) is 11.9 Å². The number of amides is 1. The van der Waals surface area contributed by atoms with Crippen LogP contribution in [0.4, 0.5) is 10.1 Å². The van der Waals surface area contributed by atoms with Crippen LogP contribution in [0.2, 0.25) is 10.0 Å². The summed E-state index contributed by atoms with van der Waals surface area (Å²) in [5, 5.41) is 7.50. The van der Waals surface area contributed by atoms with Crippen LogP contribution in [0.15, 0.2) is 42.5 Å². The molecule has 31 heavy (non-hydrogen) atoms. The van der Waals surface area contributed by atoms with E-state index in [1.165, 1.54) is 12.1 Å². The SMILES string of the molecule is O=C(COC(=O)c1nn(-c2ccc(F)cc2)c2c1CCCC2)Nc1cccc(Cl)c1Cl. The van der Waals surface area contributed by atoms with Gasteiger partial charge in [-0.05, 0) is 62.1 Å². The van der Waals surface area contributed by atoms with Crippen molar-refractivity contribution in [3.05, 3.63) is 75.3 Å². The van der Waals surface area contributed by atoms with Gasteiger partial charge in [-0.1, -0.05) is 29.3 Å². The lowest BCUT2D eigenvalue weighted by atomic mass is 9.95. The molecule has 0 saturated carbocycles. The second-order valence-corrected chi connectivity index (χ2v) is 7.88. The standard InChI is InChI=1S/C22H18Cl2FN3O3/c23-16-5-3-6-17(20(16)24)26-19(29)12-31-22(30)21-15-4-1-2-7-18(15)28(27-21)14-10-8-13(25)9-11-14/h3,5-6,8-11H,1-2,4,7,12H2,(H,26,29). The summed E-state index contributed by atoms with van der Waals surface area (Å²) >= 11 is 12.0. The molecule has 0 unspecified atom stereocenters. The zero-order valence-corrected chi connectivity index (χ0v) is 17.8. The Kier molecular flexibility index (Phi) is 6.25. The molecule has 0 fully saturated rings. The highest BCUT2D eigenvalue weighted by Gasteiger charge is 2.27. The summed E-state index contributed by atoms with van der Waals surface area (Å²) in [6.45, 7) is -0.500. The zero-order valence-electron chi connectivity index (χ0n) is 16.3. The van der Waals surface area contributed by atoms with E-state index in [0.717, 1.165) is 30.5 Å². The van der Waals surface area contributed by atoms with E-state index < -0.39 is 18.5 Å². The number of halogens is 3. The van der Waals surface area contributed by atoms with Crippen molar-refractivity contribution in [2.24, 2.45) is 0 Å². The van der Waals surface area contributed by atoms with Crippen molar-refractivity contribution < 1.29 is 18.7 Å². The molecule has 9 heteroatoms. The molecule has 4 rings (SSSR count). The van der Waals surface area contributed by atoms with E-state index in [2.05, 4.69) is 10.4 Å². The molecule has 1 amide bonds. The number of esters is 1. The van der Waals surface area contributed by atoms with E-state index >= 15 is 0 Å². The first kappa shape index (κ1) is 21.3. The van der Waals surface area contributed by atoms with Crippen molar-refractivity contribution in [2.45, 2.75) is 25.7 Å². The number of aromatic nitrogens is 2. The van der Waals surface area contributed by atoms with Gasteiger partial charge in [-0.15, -0.1) is 0 Å². The van der Waals surface area contributed by atoms with Crippen molar-refractivity contribution in [3.8, 4) is 5.69 Å². The predicted octanol–water partition coefficient (Wildman–Crippen LogP) is 4.99. The number of carbonyl (C=O) groups excluding carboxylic acids is 2. The third-order valence-electron chi connectivity index (χ3n) is 5.00. The van der Waals surface area contributed by atoms with E-state index in [1.807, 2.05) is 0 Å². The fourth-order valence-corrected chi connectivity index (χ4v) is 3.89. The van der Waals surface area contributed by atoms with Gasteiger partial charge in [0, 0.05) is 11.3 Å². The summed E-state index contributed by atoms with van der Waals surface area (Å²) in [6.07, 6.45) is 3.33. The van der Waals surface area contributed by atoms with E-state index in [1.54, 1.807) is 35.0 Å². The van der Waals surface area contributed by atoms with Gasteiger partial charge in [0.25, 0.3) is 5.91 Å². The second kappa shape index (κ2) is 9.08. The zero-order chi connectivity index (χ0) is 22.0. The van der Waals surface area contributed by atoms with Crippen LogP contribution in [0.3, 0.4) is 0 Å². The van der Waals surface area contributed by atoms with Crippen LogP contribution in [0.1, 0.15) is 34.6 Å². The van der Waals surface area contributed by atoms with Crippen LogP contribution >= 0.6 is 23.2 Å². The molecule has 0 atom stereocenters. The first-order chi connectivity index (χ1) is 14.9. The Bertz CT molecular complexity index is 1150. The lowest BCUT2D eigenvalue weighted by Crippen LogP contribution is -2.22. The molecule has 3 aromatic rings. The van der Waals surface area contributed by atoms with Crippen LogP contribution < -0.4 is 5.32 Å². The highest BCUT2D eigenvalue weighted by molar-refractivity contribution is 6.44.